The highest BCUT2D eigenvalue weighted by atomic mass is 19.1. The molecule has 18 heavy (non-hydrogen) atoms. The Morgan fingerprint density at radius 2 is 2.11 bits per heavy atom. The molecule has 0 bridgehead atoms. The van der Waals surface area contributed by atoms with Gasteiger partial charge in [0.25, 0.3) is 0 Å². The summed E-state index contributed by atoms with van der Waals surface area (Å²) in [6.45, 7) is 2.08. The van der Waals surface area contributed by atoms with Crippen LogP contribution in [0.5, 0.6) is 0 Å². The van der Waals surface area contributed by atoms with Crippen molar-refractivity contribution < 1.29 is 4.39 Å². The molecule has 0 aromatic carbocycles. The minimum atomic E-state index is -0.448. The molecule has 1 unspecified atom stereocenters. The van der Waals surface area contributed by atoms with Gasteiger partial charge >= 0.3 is 0 Å². The van der Waals surface area contributed by atoms with Gasteiger partial charge in [0.15, 0.2) is 11.6 Å². The Morgan fingerprint density at radius 3 is 2.78 bits per heavy atom. The lowest BCUT2D eigenvalue weighted by atomic mass is 9.84. The highest BCUT2D eigenvalue weighted by Gasteiger charge is 2.21. The molecule has 0 aliphatic heterocycles. The lowest BCUT2D eigenvalue weighted by molar-refractivity contribution is 0.327. The van der Waals surface area contributed by atoms with Crippen LogP contribution in [-0.2, 0) is 0 Å². The van der Waals surface area contributed by atoms with Crippen LogP contribution < -0.4 is 16.6 Å². The standard InChI is InChI=1S/C12H20FN5/c1-8(9-5-3-2-4-6-9)16-11-10(13)7-15-12(17-11)18-14/h7-9H,2-6,14H2,1H3,(H2,15,16,17,18). The van der Waals surface area contributed by atoms with Gasteiger partial charge in [-0.25, -0.2) is 15.2 Å². The van der Waals surface area contributed by atoms with Crippen molar-refractivity contribution in [2.24, 2.45) is 11.8 Å². The van der Waals surface area contributed by atoms with E-state index in [2.05, 4.69) is 27.6 Å². The van der Waals surface area contributed by atoms with Gasteiger partial charge in [-0.05, 0) is 25.7 Å². The molecule has 5 nitrogen and oxygen atoms in total. The minimum absolute atomic E-state index is 0.209. The Kier molecular flexibility index (Phi) is 4.30. The zero-order valence-electron chi connectivity index (χ0n) is 10.6. The summed E-state index contributed by atoms with van der Waals surface area (Å²) in [6.07, 6.45) is 7.35. The fourth-order valence-electron chi connectivity index (χ4n) is 2.51. The van der Waals surface area contributed by atoms with Gasteiger partial charge in [0.2, 0.25) is 5.95 Å². The van der Waals surface area contributed by atoms with E-state index in [0.717, 1.165) is 6.20 Å². The molecule has 100 valence electrons. The topological polar surface area (TPSA) is 75.9 Å². The van der Waals surface area contributed by atoms with Crippen LogP contribution in [0.4, 0.5) is 16.2 Å². The first-order chi connectivity index (χ1) is 8.70. The van der Waals surface area contributed by atoms with E-state index in [-0.39, 0.29) is 17.8 Å². The fraction of sp³-hybridized carbons (Fsp3) is 0.667. The predicted octanol–water partition coefficient (Wildman–Crippen LogP) is 2.28. The number of nitrogens with zero attached hydrogens (tertiary/aromatic N) is 2. The average molecular weight is 253 g/mol. The fourth-order valence-corrected chi connectivity index (χ4v) is 2.51. The molecular formula is C12H20FN5. The molecule has 1 heterocycles. The van der Waals surface area contributed by atoms with Crippen molar-refractivity contribution in [2.45, 2.75) is 45.1 Å². The third-order valence-corrected chi connectivity index (χ3v) is 3.59. The average Bonchev–Trinajstić information content (AvgIpc) is 2.42. The van der Waals surface area contributed by atoms with Crippen LogP contribution in [0.25, 0.3) is 0 Å². The molecule has 1 aromatic heterocycles. The second-order valence-corrected chi connectivity index (χ2v) is 4.87. The number of nitrogens with two attached hydrogens (primary N) is 1. The molecule has 0 amide bonds. The highest BCUT2D eigenvalue weighted by Crippen LogP contribution is 2.28. The quantitative estimate of drug-likeness (QED) is 0.567. The van der Waals surface area contributed by atoms with Crippen LogP contribution in [0.1, 0.15) is 39.0 Å². The lowest BCUT2D eigenvalue weighted by Crippen LogP contribution is -2.28. The number of aromatic nitrogens is 2. The van der Waals surface area contributed by atoms with E-state index in [0.29, 0.717) is 5.92 Å². The molecule has 1 aliphatic rings. The third kappa shape index (κ3) is 3.07. The van der Waals surface area contributed by atoms with E-state index in [4.69, 9.17) is 5.84 Å². The summed E-state index contributed by atoms with van der Waals surface area (Å²) in [5.41, 5.74) is 2.32. The van der Waals surface area contributed by atoms with Crippen LogP contribution in [0.15, 0.2) is 6.20 Å². The van der Waals surface area contributed by atoms with Crippen molar-refractivity contribution in [3.8, 4) is 0 Å². The lowest BCUT2D eigenvalue weighted by Gasteiger charge is -2.28. The van der Waals surface area contributed by atoms with Crippen LogP contribution in [0.3, 0.4) is 0 Å². The Labute approximate surface area is 106 Å². The largest absolute Gasteiger partial charge is 0.365 e. The van der Waals surface area contributed by atoms with Crippen molar-refractivity contribution in [1.29, 1.82) is 0 Å². The second-order valence-electron chi connectivity index (χ2n) is 4.87. The molecule has 0 saturated heterocycles. The highest BCUT2D eigenvalue weighted by molar-refractivity contribution is 5.41. The van der Waals surface area contributed by atoms with E-state index >= 15 is 0 Å². The smallest absolute Gasteiger partial charge is 0.239 e. The van der Waals surface area contributed by atoms with Gasteiger partial charge in [-0.2, -0.15) is 4.98 Å². The molecular weight excluding hydrogens is 233 g/mol. The molecule has 0 spiro atoms. The van der Waals surface area contributed by atoms with E-state index in [9.17, 15) is 4.39 Å². The summed E-state index contributed by atoms with van der Waals surface area (Å²) in [5, 5.41) is 3.13. The third-order valence-electron chi connectivity index (χ3n) is 3.59. The van der Waals surface area contributed by atoms with Gasteiger partial charge in [-0.15, -0.1) is 0 Å². The number of halogens is 1. The Balaban J connectivity index is 2.03. The van der Waals surface area contributed by atoms with Crippen molar-refractivity contribution in [1.82, 2.24) is 9.97 Å². The van der Waals surface area contributed by atoms with Crippen LogP contribution in [0.2, 0.25) is 0 Å². The number of nitrogens with one attached hydrogen (secondary N) is 2. The first kappa shape index (κ1) is 13.0. The normalized spacial score (nSPS) is 18.4. The maximum absolute atomic E-state index is 13.6. The molecule has 2 rings (SSSR count). The summed E-state index contributed by atoms with van der Waals surface area (Å²) in [4.78, 5) is 7.71. The molecule has 0 radical (unpaired) electrons. The zero-order chi connectivity index (χ0) is 13.0. The molecule has 1 aromatic rings. The van der Waals surface area contributed by atoms with Crippen LogP contribution in [0, 0.1) is 11.7 Å². The molecule has 1 atom stereocenters. The Hall–Kier alpha value is -1.43. The van der Waals surface area contributed by atoms with Gasteiger partial charge in [0.1, 0.15) is 0 Å². The first-order valence-corrected chi connectivity index (χ1v) is 6.46. The maximum atomic E-state index is 13.6. The van der Waals surface area contributed by atoms with Gasteiger partial charge < -0.3 is 5.32 Å². The monoisotopic (exact) mass is 253 g/mol. The Bertz CT molecular complexity index is 392. The first-order valence-electron chi connectivity index (χ1n) is 6.46. The van der Waals surface area contributed by atoms with E-state index in [1.54, 1.807) is 0 Å². The molecule has 4 N–H and O–H groups in total. The summed E-state index contributed by atoms with van der Waals surface area (Å²) in [7, 11) is 0. The number of nitrogen functional groups attached to an aromatic ring is 1. The SMILES string of the molecule is CC(Nc1nc(NN)ncc1F)C1CCCCC1. The number of rotatable bonds is 4. The van der Waals surface area contributed by atoms with Crippen LogP contribution in [-0.4, -0.2) is 16.0 Å². The second kappa shape index (κ2) is 5.95. The van der Waals surface area contributed by atoms with Crippen molar-refractivity contribution in [3.63, 3.8) is 0 Å². The van der Waals surface area contributed by atoms with E-state index < -0.39 is 5.82 Å². The molecule has 6 heteroatoms. The number of anilines is 2. The van der Waals surface area contributed by atoms with Gasteiger partial charge in [-0.3, -0.25) is 5.43 Å². The molecule has 1 saturated carbocycles. The summed E-state index contributed by atoms with van der Waals surface area (Å²) in [6, 6.07) is 0.209. The summed E-state index contributed by atoms with van der Waals surface area (Å²) in [5.74, 6) is 5.79. The zero-order valence-corrected chi connectivity index (χ0v) is 10.6. The molecule has 1 fully saturated rings. The number of hydrogen-bond donors (Lipinski definition) is 3. The van der Waals surface area contributed by atoms with Gasteiger partial charge in [0, 0.05) is 6.04 Å². The van der Waals surface area contributed by atoms with Gasteiger partial charge in [-0.1, -0.05) is 19.3 Å². The minimum Gasteiger partial charge on any atom is -0.365 e. The van der Waals surface area contributed by atoms with Crippen molar-refractivity contribution >= 4 is 11.8 Å². The van der Waals surface area contributed by atoms with E-state index in [1.807, 2.05) is 0 Å². The summed E-state index contributed by atoms with van der Waals surface area (Å²) >= 11 is 0. The van der Waals surface area contributed by atoms with Crippen molar-refractivity contribution in [3.05, 3.63) is 12.0 Å². The predicted molar refractivity (Wildman–Crippen MR) is 69.5 cm³/mol. The van der Waals surface area contributed by atoms with Crippen molar-refractivity contribution in [2.75, 3.05) is 10.7 Å². The maximum Gasteiger partial charge on any atom is 0.239 e. The van der Waals surface area contributed by atoms with Gasteiger partial charge in [0.05, 0.1) is 6.20 Å². The molecule has 1 aliphatic carbocycles. The van der Waals surface area contributed by atoms with Crippen LogP contribution >= 0.6 is 0 Å². The number of hydrogen-bond acceptors (Lipinski definition) is 5. The summed E-state index contributed by atoms with van der Waals surface area (Å²) < 4.78 is 13.6. The van der Waals surface area contributed by atoms with E-state index in [1.165, 1.54) is 32.1 Å². The number of hydrazine groups is 1. The Morgan fingerprint density at radius 1 is 1.39 bits per heavy atom.